The molecule has 0 amide bonds. The number of carbonyl (C=O) groups is 1. The van der Waals surface area contributed by atoms with Crippen LogP contribution in [0.25, 0.3) is 0 Å². The number of aliphatic hydroxyl groups is 2. The maximum Gasteiger partial charge on any atom is 0.338 e. The normalized spacial score (nSPS) is 27.3. The molecule has 1 heterocycles. The van der Waals surface area contributed by atoms with Gasteiger partial charge in [0.05, 0.1) is 12.2 Å². The van der Waals surface area contributed by atoms with E-state index in [1.54, 1.807) is 30.3 Å². The lowest BCUT2D eigenvalue weighted by molar-refractivity contribution is -0.132. The molecule has 6 nitrogen and oxygen atoms in total. The summed E-state index contributed by atoms with van der Waals surface area (Å²) in [5.41, 5.74) is 0.375. The van der Waals surface area contributed by atoms with E-state index in [2.05, 4.69) is 33.9 Å². The number of benzene rings is 1. The maximum absolute atomic E-state index is 12.3. The van der Waals surface area contributed by atoms with Gasteiger partial charge in [-0.25, -0.2) is 4.79 Å². The fraction of sp³-hybridized carbons (Fsp3) is 0.611. The summed E-state index contributed by atoms with van der Waals surface area (Å²) in [5, 5.41) is 19.9. The Bertz CT molecular complexity index is 583. The van der Waals surface area contributed by atoms with Gasteiger partial charge in [0.25, 0.3) is 0 Å². The second kappa shape index (κ2) is 7.55. The second-order valence-electron chi connectivity index (χ2n) is 7.86. The van der Waals surface area contributed by atoms with Crippen LogP contribution in [0.4, 0.5) is 0 Å². The van der Waals surface area contributed by atoms with Crippen LogP contribution in [0.15, 0.2) is 30.3 Å². The van der Waals surface area contributed by atoms with E-state index in [-0.39, 0.29) is 11.6 Å². The Balaban J connectivity index is 2.05. The predicted molar refractivity (Wildman–Crippen MR) is 95.7 cm³/mol. The SMILES string of the molecule is CC(C)(C)[Si](C)(C)OC[C@H]1O[C@H](O)[C@H](O)[C@@H]1OC(=O)c1ccccc1. The summed E-state index contributed by atoms with van der Waals surface area (Å²) in [6.45, 7) is 10.7. The van der Waals surface area contributed by atoms with Crippen molar-refractivity contribution in [2.45, 2.75) is 63.5 Å². The number of esters is 1. The summed E-state index contributed by atoms with van der Waals surface area (Å²) in [5.74, 6) is -0.570. The van der Waals surface area contributed by atoms with Gasteiger partial charge in [-0.2, -0.15) is 0 Å². The molecule has 1 aliphatic heterocycles. The van der Waals surface area contributed by atoms with Crippen LogP contribution in [-0.4, -0.2) is 55.7 Å². The Morgan fingerprint density at radius 1 is 1.20 bits per heavy atom. The average molecular weight is 369 g/mol. The van der Waals surface area contributed by atoms with E-state index in [0.717, 1.165) is 0 Å². The molecule has 0 radical (unpaired) electrons. The van der Waals surface area contributed by atoms with Gasteiger partial charge < -0.3 is 24.1 Å². The molecular weight excluding hydrogens is 340 g/mol. The number of ether oxygens (including phenoxy) is 2. The monoisotopic (exact) mass is 368 g/mol. The minimum atomic E-state index is -2.03. The van der Waals surface area contributed by atoms with E-state index in [0.29, 0.717) is 5.56 Å². The van der Waals surface area contributed by atoms with Crippen LogP contribution in [0.1, 0.15) is 31.1 Å². The smallest absolute Gasteiger partial charge is 0.338 e. The van der Waals surface area contributed by atoms with Crippen molar-refractivity contribution in [1.82, 2.24) is 0 Å². The average Bonchev–Trinajstić information content (AvgIpc) is 2.80. The number of rotatable bonds is 5. The van der Waals surface area contributed by atoms with Gasteiger partial charge >= 0.3 is 5.97 Å². The molecule has 4 atom stereocenters. The van der Waals surface area contributed by atoms with Crippen LogP contribution < -0.4 is 0 Å². The van der Waals surface area contributed by atoms with Crippen molar-refractivity contribution in [2.75, 3.05) is 6.61 Å². The Morgan fingerprint density at radius 2 is 1.80 bits per heavy atom. The molecule has 0 aliphatic carbocycles. The highest BCUT2D eigenvalue weighted by molar-refractivity contribution is 6.74. The highest BCUT2D eigenvalue weighted by Gasteiger charge is 2.47. The molecule has 1 aromatic rings. The van der Waals surface area contributed by atoms with Gasteiger partial charge in [-0.15, -0.1) is 0 Å². The minimum Gasteiger partial charge on any atom is -0.453 e. The number of hydrogen-bond donors (Lipinski definition) is 2. The molecule has 1 fully saturated rings. The molecule has 2 rings (SSSR count). The largest absolute Gasteiger partial charge is 0.453 e. The Kier molecular flexibility index (Phi) is 6.06. The molecule has 7 heteroatoms. The van der Waals surface area contributed by atoms with Crippen molar-refractivity contribution in [3.8, 4) is 0 Å². The lowest BCUT2D eigenvalue weighted by Crippen LogP contribution is -2.45. The third-order valence-electron chi connectivity index (χ3n) is 4.98. The zero-order valence-corrected chi connectivity index (χ0v) is 16.4. The van der Waals surface area contributed by atoms with Gasteiger partial charge in [0, 0.05) is 0 Å². The minimum absolute atomic E-state index is 0.0129. The van der Waals surface area contributed by atoms with Gasteiger partial charge in [0.2, 0.25) is 0 Å². The van der Waals surface area contributed by atoms with Crippen molar-refractivity contribution in [3.05, 3.63) is 35.9 Å². The molecule has 0 bridgehead atoms. The zero-order chi connectivity index (χ0) is 18.8. The summed E-state index contributed by atoms with van der Waals surface area (Å²) in [6.07, 6.45) is -4.40. The van der Waals surface area contributed by atoms with Crippen LogP contribution in [0.3, 0.4) is 0 Å². The first-order valence-electron chi connectivity index (χ1n) is 8.44. The van der Waals surface area contributed by atoms with Crippen molar-refractivity contribution in [1.29, 1.82) is 0 Å². The van der Waals surface area contributed by atoms with E-state index in [4.69, 9.17) is 13.9 Å². The van der Waals surface area contributed by atoms with Crippen LogP contribution in [-0.2, 0) is 13.9 Å². The summed E-state index contributed by atoms with van der Waals surface area (Å²) in [6, 6.07) is 8.50. The van der Waals surface area contributed by atoms with Gasteiger partial charge in [0.1, 0.15) is 12.2 Å². The molecule has 2 N–H and O–H groups in total. The maximum atomic E-state index is 12.3. The van der Waals surface area contributed by atoms with Crippen LogP contribution in [0.5, 0.6) is 0 Å². The molecule has 0 unspecified atom stereocenters. The van der Waals surface area contributed by atoms with Crippen molar-refractivity contribution in [3.63, 3.8) is 0 Å². The standard InChI is InChI=1S/C18H28O6Si/c1-18(2,3)25(4,5)22-11-13-15(14(19)17(21)23-13)24-16(20)12-9-7-6-8-10-12/h6-10,13-15,17,19,21H,11H2,1-5H3/t13-,14-,15-,17+/m1/s1. The molecule has 0 spiro atoms. The van der Waals surface area contributed by atoms with Crippen molar-refractivity contribution >= 4 is 14.3 Å². The van der Waals surface area contributed by atoms with E-state index >= 15 is 0 Å². The van der Waals surface area contributed by atoms with Crippen LogP contribution in [0.2, 0.25) is 18.1 Å². The molecular formula is C18H28O6Si. The molecule has 25 heavy (non-hydrogen) atoms. The third kappa shape index (κ3) is 4.68. The topological polar surface area (TPSA) is 85.2 Å². The van der Waals surface area contributed by atoms with E-state index in [1.165, 1.54) is 0 Å². The lowest BCUT2D eigenvalue weighted by Gasteiger charge is -2.37. The number of aliphatic hydroxyl groups excluding tert-OH is 2. The molecule has 0 aromatic heterocycles. The lowest BCUT2D eigenvalue weighted by atomic mass is 10.1. The first-order valence-corrected chi connectivity index (χ1v) is 11.4. The predicted octanol–water partition coefficient (Wildman–Crippen LogP) is 2.31. The summed E-state index contributed by atoms with van der Waals surface area (Å²) in [7, 11) is -2.03. The van der Waals surface area contributed by atoms with Crippen molar-refractivity contribution < 1.29 is 28.9 Å². The second-order valence-corrected chi connectivity index (χ2v) is 12.7. The fourth-order valence-corrected chi connectivity index (χ4v) is 3.29. The molecule has 1 aliphatic rings. The molecule has 1 saturated heterocycles. The summed E-state index contributed by atoms with van der Waals surface area (Å²) < 4.78 is 16.9. The van der Waals surface area contributed by atoms with Gasteiger partial charge in [-0.3, -0.25) is 0 Å². The summed E-state index contributed by atoms with van der Waals surface area (Å²) >= 11 is 0. The zero-order valence-electron chi connectivity index (χ0n) is 15.4. The summed E-state index contributed by atoms with van der Waals surface area (Å²) in [4.78, 5) is 12.3. The van der Waals surface area contributed by atoms with Crippen LogP contribution in [0, 0.1) is 0 Å². The van der Waals surface area contributed by atoms with Crippen LogP contribution >= 0.6 is 0 Å². The Morgan fingerprint density at radius 3 is 2.36 bits per heavy atom. The first-order chi connectivity index (χ1) is 11.5. The fourth-order valence-electron chi connectivity index (χ4n) is 2.27. The molecule has 1 aromatic carbocycles. The molecule has 140 valence electrons. The highest BCUT2D eigenvalue weighted by Crippen LogP contribution is 2.37. The number of hydrogen-bond acceptors (Lipinski definition) is 6. The Labute approximate surface area is 149 Å². The Hall–Kier alpha value is -1.25. The van der Waals surface area contributed by atoms with Crippen molar-refractivity contribution in [2.24, 2.45) is 0 Å². The quantitative estimate of drug-likeness (QED) is 0.613. The van der Waals surface area contributed by atoms with E-state index in [9.17, 15) is 15.0 Å². The van der Waals surface area contributed by atoms with Gasteiger partial charge in [0.15, 0.2) is 20.7 Å². The highest BCUT2D eigenvalue weighted by atomic mass is 28.4. The van der Waals surface area contributed by atoms with E-state index < -0.39 is 38.9 Å². The first kappa shape index (κ1) is 20.1. The number of carbonyl (C=O) groups excluding carboxylic acids is 1. The van der Waals surface area contributed by atoms with Gasteiger partial charge in [-0.05, 0) is 30.3 Å². The molecule has 0 saturated carbocycles. The van der Waals surface area contributed by atoms with Gasteiger partial charge in [-0.1, -0.05) is 39.0 Å². The third-order valence-corrected chi connectivity index (χ3v) is 9.48. The van der Waals surface area contributed by atoms with E-state index in [1.807, 2.05) is 0 Å².